The summed E-state index contributed by atoms with van der Waals surface area (Å²) < 4.78 is 17.7. The molecule has 0 spiro atoms. The number of aromatic nitrogens is 5. The zero-order valence-electron chi connectivity index (χ0n) is 11.5. The summed E-state index contributed by atoms with van der Waals surface area (Å²) in [7, 11) is 0. The molecule has 0 radical (unpaired) electrons. The molecule has 0 aliphatic carbocycles. The molecule has 0 amide bonds. The molecule has 0 bridgehead atoms. The van der Waals surface area contributed by atoms with E-state index in [0.29, 0.717) is 18.2 Å². The van der Waals surface area contributed by atoms with E-state index in [4.69, 9.17) is 0 Å². The third kappa shape index (κ3) is 1.86. The van der Waals surface area contributed by atoms with Gasteiger partial charge in [0, 0.05) is 18.8 Å². The summed E-state index contributed by atoms with van der Waals surface area (Å²) in [5.41, 5.74) is 1.05. The van der Waals surface area contributed by atoms with Gasteiger partial charge in [0.1, 0.15) is 5.82 Å². The maximum absolute atomic E-state index is 14.3. The minimum atomic E-state index is -1.08. The van der Waals surface area contributed by atoms with Crippen molar-refractivity contribution >= 4 is 0 Å². The van der Waals surface area contributed by atoms with Crippen molar-refractivity contribution in [2.75, 3.05) is 0 Å². The Morgan fingerprint density at radius 1 is 1.24 bits per heavy atom. The van der Waals surface area contributed by atoms with Crippen molar-refractivity contribution in [1.82, 2.24) is 24.3 Å². The van der Waals surface area contributed by atoms with Crippen molar-refractivity contribution in [3.8, 4) is 5.95 Å². The molecule has 5 nitrogen and oxygen atoms in total. The van der Waals surface area contributed by atoms with Crippen LogP contribution in [-0.4, -0.2) is 24.3 Å². The Labute approximate surface area is 121 Å². The summed E-state index contributed by atoms with van der Waals surface area (Å²) in [5, 5.41) is 4.49. The Morgan fingerprint density at radius 3 is 2.76 bits per heavy atom. The van der Waals surface area contributed by atoms with Crippen LogP contribution >= 0.6 is 0 Å². The second-order valence-electron chi connectivity index (χ2n) is 5.19. The predicted octanol–water partition coefficient (Wildman–Crippen LogP) is 2.78. The number of nitrogens with zero attached hydrogens (tertiary/aromatic N) is 5. The smallest absolute Gasteiger partial charge is 0.254 e. The van der Waals surface area contributed by atoms with Crippen LogP contribution in [0.25, 0.3) is 5.95 Å². The van der Waals surface area contributed by atoms with Gasteiger partial charge in [0.15, 0.2) is 12.0 Å². The Kier molecular flexibility index (Phi) is 2.63. The zero-order valence-corrected chi connectivity index (χ0v) is 11.5. The van der Waals surface area contributed by atoms with Crippen LogP contribution in [0.1, 0.15) is 35.8 Å². The van der Waals surface area contributed by atoms with Crippen LogP contribution in [-0.2, 0) is 0 Å². The highest BCUT2D eigenvalue weighted by atomic mass is 19.1. The Bertz CT molecular complexity index is 776. The lowest BCUT2D eigenvalue weighted by molar-refractivity contribution is 0.328. The third-order valence-electron chi connectivity index (χ3n) is 3.88. The van der Waals surface area contributed by atoms with E-state index in [2.05, 4.69) is 15.1 Å². The van der Waals surface area contributed by atoms with Gasteiger partial charge in [0.25, 0.3) is 5.95 Å². The van der Waals surface area contributed by atoms with Crippen molar-refractivity contribution in [1.29, 1.82) is 0 Å². The number of fused-ring (bicyclic) bond motifs is 1. The molecular weight excluding hydrogens is 269 g/mol. The number of rotatable bonds is 2. The Hall–Kier alpha value is -2.50. The van der Waals surface area contributed by atoms with Crippen molar-refractivity contribution < 1.29 is 4.39 Å². The van der Waals surface area contributed by atoms with Gasteiger partial charge in [-0.3, -0.25) is 4.57 Å². The second-order valence-corrected chi connectivity index (χ2v) is 5.19. The average molecular weight is 283 g/mol. The van der Waals surface area contributed by atoms with Crippen LogP contribution in [0.15, 0.2) is 42.7 Å². The highest BCUT2D eigenvalue weighted by molar-refractivity contribution is 5.26. The SMILES string of the molecule is Cc1nccn1-c1nc2n(n1)[C@H](c1ccccc1)C[C@@H]2F. The predicted molar refractivity (Wildman–Crippen MR) is 74.9 cm³/mol. The molecule has 4 rings (SSSR count). The molecule has 0 fully saturated rings. The Balaban J connectivity index is 1.80. The summed E-state index contributed by atoms with van der Waals surface area (Å²) in [5.74, 6) is 1.65. The molecule has 2 aromatic heterocycles. The number of benzene rings is 1. The number of halogens is 1. The first-order valence-electron chi connectivity index (χ1n) is 6.90. The standard InChI is InChI=1S/C15H14FN5/c1-10-17-7-8-20(10)15-18-14-12(16)9-13(21(14)19-15)11-5-3-2-4-6-11/h2-8,12-13H,9H2,1H3/t12-,13-/m0/s1. The first kappa shape index (κ1) is 12.3. The largest absolute Gasteiger partial charge is 0.271 e. The highest BCUT2D eigenvalue weighted by Gasteiger charge is 2.35. The number of imidazole rings is 1. The van der Waals surface area contributed by atoms with E-state index in [1.165, 1.54) is 0 Å². The number of aryl methyl sites for hydroxylation is 1. The fourth-order valence-corrected chi connectivity index (χ4v) is 2.81. The van der Waals surface area contributed by atoms with E-state index >= 15 is 0 Å². The summed E-state index contributed by atoms with van der Waals surface area (Å²) in [6, 6.07) is 9.76. The molecule has 2 atom stereocenters. The van der Waals surface area contributed by atoms with Crippen molar-refractivity contribution in [3.05, 3.63) is 59.9 Å². The summed E-state index contributed by atoms with van der Waals surface area (Å²) in [4.78, 5) is 8.50. The molecule has 0 N–H and O–H groups in total. The Morgan fingerprint density at radius 2 is 2.05 bits per heavy atom. The van der Waals surface area contributed by atoms with Gasteiger partial charge < -0.3 is 0 Å². The van der Waals surface area contributed by atoms with Crippen LogP contribution in [0, 0.1) is 6.92 Å². The van der Waals surface area contributed by atoms with E-state index in [1.54, 1.807) is 21.6 Å². The lowest BCUT2D eigenvalue weighted by Gasteiger charge is -2.11. The van der Waals surface area contributed by atoms with Crippen LogP contribution < -0.4 is 0 Å². The minimum absolute atomic E-state index is 0.0960. The van der Waals surface area contributed by atoms with Crippen LogP contribution in [0.4, 0.5) is 4.39 Å². The molecule has 1 aromatic carbocycles. The number of hydrogen-bond donors (Lipinski definition) is 0. The van der Waals surface area contributed by atoms with Crippen LogP contribution in [0.3, 0.4) is 0 Å². The first-order valence-corrected chi connectivity index (χ1v) is 6.90. The zero-order chi connectivity index (χ0) is 14.4. The summed E-state index contributed by atoms with van der Waals surface area (Å²) in [6.45, 7) is 1.87. The van der Waals surface area contributed by atoms with Gasteiger partial charge in [0.2, 0.25) is 0 Å². The van der Waals surface area contributed by atoms with Gasteiger partial charge in [-0.2, -0.15) is 4.98 Å². The van der Waals surface area contributed by atoms with Crippen LogP contribution in [0.2, 0.25) is 0 Å². The lowest BCUT2D eigenvalue weighted by Crippen LogP contribution is -2.08. The lowest BCUT2D eigenvalue weighted by atomic mass is 10.0. The number of alkyl halides is 1. The van der Waals surface area contributed by atoms with Gasteiger partial charge in [0.05, 0.1) is 6.04 Å². The molecule has 0 saturated heterocycles. The van der Waals surface area contributed by atoms with Crippen molar-refractivity contribution in [2.45, 2.75) is 25.6 Å². The van der Waals surface area contributed by atoms with E-state index in [9.17, 15) is 4.39 Å². The van der Waals surface area contributed by atoms with Gasteiger partial charge in [-0.25, -0.2) is 14.1 Å². The monoisotopic (exact) mass is 283 g/mol. The van der Waals surface area contributed by atoms with Crippen LogP contribution in [0.5, 0.6) is 0 Å². The molecular formula is C15H14FN5. The maximum atomic E-state index is 14.3. The van der Waals surface area contributed by atoms with E-state index in [1.807, 2.05) is 37.3 Å². The van der Waals surface area contributed by atoms with Crippen molar-refractivity contribution in [3.63, 3.8) is 0 Å². The molecule has 1 aliphatic heterocycles. The van der Waals surface area contributed by atoms with Crippen molar-refractivity contribution in [2.24, 2.45) is 0 Å². The average Bonchev–Trinajstić information content (AvgIpc) is 3.17. The fraction of sp³-hybridized carbons (Fsp3) is 0.267. The first-order chi connectivity index (χ1) is 10.2. The summed E-state index contributed by atoms with van der Waals surface area (Å²) >= 11 is 0. The van der Waals surface area contributed by atoms with Gasteiger partial charge in [-0.15, -0.1) is 5.10 Å². The minimum Gasteiger partial charge on any atom is -0.271 e. The summed E-state index contributed by atoms with van der Waals surface area (Å²) in [6.07, 6.45) is 2.77. The molecule has 0 saturated carbocycles. The van der Waals surface area contributed by atoms with Gasteiger partial charge >= 0.3 is 0 Å². The molecule has 1 aliphatic rings. The molecule has 21 heavy (non-hydrogen) atoms. The third-order valence-corrected chi connectivity index (χ3v) is 3.88. The highest BCUT2D eigenvalue weighted by Crippen LogP contribution is 2.39. The maximum Gasteiger partial charge on any atom is 0.254 e. The molecule has 106 valence electrons. The normalized spacial score (nSPS) is 20.7. The van der Waals surface area contributed by atoms with Gasteiger partial charge in [-0.05, 0) is 12.5 Å². The fourth-order valence-electron chi connectivity index (χ4n) is 2.81. The number of hydrogen-bond acceptors (Lipinski definition) is 3. The topological polar surface area (TPSA) is 48.5 Å². The van der Waals surface area contributed by atoms with Gasteiger partial charge in [-0.1, -0.05) is 30.3 Å². The van der Waals surface area contributed by atoms with E-state index in [-0.39, 0.29) is 6.04 Å². The van der Waals surface area contributed by atoms with E-state index < -0.39 is 6.17 Å². The quantitative estimate of drug-likeness (QED) is 0.726. The molecule has 6 heteroatoms. The molecule has 0 unspecified atom stereocenters. The second kappa shape index (κ2) is 4.51. The molecule has 3 heterocycles. The van der Waals surface area contributed by atoms with E-state index in [0.717, 1.165) is 11.4 Å². The molecule has 3 aromatic rings.